The molecule has 7 heteroatoms. The van der Waals surface area contributed by atoms with Gasteiger partial charge in [0.25, 0.3) is 5.91 Å². The molecule has 2 atom stereocenters. The molecule has 0 radical (unpaired) electrons. The highest BCUT2D eigenvalue weighted by Gasteiger charge is 2.36. The molecule has 220 valence electrons. The first-order valence-corrected chi connectivity index (χ1v) is 14.6. The Kier molecular flexibility index (Phi) is 11.0. The van der Waals surface area contributed by atoms with Crippen molar-refractivity contribution in [3.05, 3.63) is 59.2 Å². The number of rotatable bonds is 12. The molecule has 0 saturated heterocycles. The summed E-state index contributed by atoms with van der Waals surface area (Å²) < 4.78 is 6.39. The van der Waals surface area contributed by atoms with Crippen LogP contribution in [0.3, 0.4) is 0 Å². The number of hydrogen-bond donors (Lipinski definition) is 2. The van der Waals surface area contributed by atoms with E-state index in [4.69, 9.17) is 16.5 Å². The second kappa shape index (κ2) is 13.2. The van der Waals surface area contributed by atoms with Crippen LogP contribution in [0.2, 0.25) is 0 Å². The minimum Gasteiger partial charge on any atom is -0.480 e. The highest BCUT2D eigenvalue weighted by molar-refractivity contribution is 6.25. The molecule has 6 nitrogen and oxygen atoms in total. The summed E-state index contributed by atoms with van der Waals surface area (Å²) in [6.45, 7) is 20.4. The van der Waals surface area contributed by atoms with Gasteiger partial charge >= 0.3 is 0 Å². The van der Waals surface area contributed by atoms with Gasteiger partial charge in [-0.1, -0.05) is 93.5 Å². The van der Waals surface area contributed by atoms with Crippen LogP contribution in [0, 0.1) is 5.41 Å². The minimum absolute atomic E-state index is 0.0241. The van der Waals surface area contributed by atoms with Crippen LogP contribution in [0.25, 0.3) is 0 Å². The number of amides is 2. The average Bonchev–Trinajstić information content (AvgIpc) is 2.91. The lowest BCUT2D eigenvalue weighted by atomic mass is 9.76. The largest absolute Gasteiger partial charge is 0.480 e. The topological polar surface area (TPSA) is 84.5 Å². The Morgan fingerprint density at radius 3 is 2.00 bits per heavy atom. The number of ketones is 1. The normalized spacial score (nSPS) is 13.8. The van der Waals surface area contributed by atoms with Crippen molar-refractivity contribution in [2.24, 2.45) is 5.41 Å². The maximum atomic E-state index is 13.4. The molecule has 40 heavy (non-hydrogen) atoms. The summed E-state index contributed by atoms with van der Waals surface area (Å²) >= 11 is 5.61. The molecule has 0 spiro atoms. The van der Waals surface area contributed by atoms with E-state index >= 15 is 0 Å². The Labute approximate surface area is 245 Å². The van der Waals surface area contributed by atoms with E-state index in [9.17, 15) is 14.4 Å². The first-order valence-electron chi connectivity index (χ1n) is 14.2. The fraction of sp³-hybridized carbons (Fsp3) is 0.545. The van der Waals surface area contributed by atoms with Crippen LogP contribution in [0.1, 0.15) is 111 Å². The molecule has 0 bridgehead atoms. The summed E-state index contributed by atoms with van der Waals surface area (Å²) in [7, 11) is 0. The molecule has 0 fully saturated rings. The lowest BCUT2D eigenvalue weighted by molar-refractivity contribution is -0.134. The maximum absolute atomic E-state index is 13.4. The number of ether oxygens (including phenoxy) is 1. The number of benzene rings is 2. The lowest BCUT2D eigenvalue weighted by Gasteiger charge is -2.31. The van der Waals surface area contributed by atoms with Gasteiger partial charge in [-0.05, 0) is 59.4 Å². The van der Waals surface area contributed by atoms with Gasteiger partial charge < -0.3 is 10.1 Å². The zero-order valence-electron chi connectivity index (χ0n) is 25.8. The molecule has 0 saturated carbocycles. The zero-order chi connectivity index (χ0) is 30.5. The molecule has 0 aliphatic carbocycles. The number of anilines is 1. The van der Waals surface area contributed by atoms with Gasteiger partial charge in [-0.3, -0.25) is 19.2 Å². The molecule has 2 rings (SSSR count). The summed E-state index contributed by atoms with van der Waals surface area (Å²) in [4.78, 5) is 41.1. The minimum atomic E-state index is -1.10. The Balaban J connectivity index is 2.39. The van der Waals surface area contributed by atoms with Gasteiger partial charge in [-0.2, -0.15) is 0 Å². The van der Waals surface area contributed by atoms with Crippen molar-refractivity contribution >= 4 is 35.1 Å². The quantitative estimate of drug-likeness (QED) is 0.201. The summed E-state index contributed by atoms with van der Waals surface area (Å²) in [5, 5.41) is 2.92. The van der Waals surface area contributed by atoms with E-state index in [0.29, 0.717) is 23.4 Å². The predicted octanol–water partition coefficient (Wildman–Crippen LogP) is 7.83. The van der Waals surface area contributed by atoms with Crippen molar-refractivity contribution in [1.82, 2.24) is 4.84 Å². The molecule has 0 aromatic heterocycles. The Morgan fingerprint density at radius 1 is 0.850 bits per heavy atom. The van der Waals surface area contributed by atoms with Crippen molar-refractivity contribution in [2.75, 3.05) is 5.32 Å². The molecular formula is C33H47ClN2O4. The van der Waals surface area contributed by atoms with E-state index in [1.807, 2.05) is 13.0 Å². The fourth-order valence-electron chi connectivity index (χ4n) is 4.38. The Morgan fingerprint density at radius 2 is 1.48 bits per heavy atom. The molecule has 2 aromatic rings. The predicted molar refractivity (Wildman–Crippen MR) is 164 cm³/mol. The Hall–Kier alpha value is -2.86. The molecule has 0 aliphatic rings. The first-order chi connectivity index (χ1) is 18.5. The van der Waals surface area contributed by atoms with E-state index in [0.717, 1.165) is 18.4 Å². The van der Waals surface area contributed by atoms with Crippen LogP contribution in [0.4, 0.5) is 5.69 Å². The van der Waals surface area contributed by atoms with E-state index in [1.165, 1.54) is 5.56 Å². The van der Waals surface area contributed by atoms with Crippen molar-refractivity contribution in [2.45, 2.75) is 111 Å². The third-order valence-electron chi connectivity index (χ3n) is 8.03. The standard InChI is InChI=1S/C33H47ClN2O4/c1-11-25(40-26-18-17-22(32(7,8)12-2)20-24(26)33(9,10)13-3)29(38)35-23-16-14-15-21(19-23)27(30(39)36-34)28(37)31(4,5)6/h14-20,25,27H,11-13H2,1-10H3,(H,35,38)(H,36,39). The molecule has 0 aliphatic heterocycles. The van der Waals surface area contributed by atoms with E-state index in [-0.39, 0.29) is 22.5 Å². The highest BCUT2D eigenvalue weighted by atomic mass is 35.5. The Bertz CT molecular complexity index is 1210. The van der Waals surface area contributed by atoms with Crippen molar-refractivity contribution in [3.8, 4) is 5.75 Å². The number of Topliss-reactive ketones (excluding diaryl/α,β-unsaturated/α-hetero) is 1. The van der Waals surface area contributed by atoms with Gasteiger partial charge in [-0.25, -0.2) is 0 Å². The van der Waals surface area contributed by atoms with Crippen LogP contribution in [0.5, 0.6) is 5.75 Å². The lowest BCUT2D eigenvalue weighted by Crippen LogP contribution is -2.36. The van der Waals surface area contributed by atoms with Crippen molar-refractivity contribution < 1.29 is 19.1 Å². The van der Waals surface area contributed by atoms with Crippen LogP contribution < -0.4 is 14.9 Å². The fourth-order valence-corrected chi connectivity index (χ4v) is 4.49. The van der Waals surface area contributed by atoms with Crippen LogP contribution in [-0.4, -0.2) is 23.7 Å². The van der Waals surface area contributed by atoms with Gasteiger partial charge in [0.05, 0.1) is 0 Å². The van der Waals surface area contributed by atoms with Crippen molar-refractivity contribution in [3.63, 3.8) is 0 Å². The van der Waals surface area contributed by atoms with Crippen LogP contribution >= 0.6 is 11.8 Å². The van der Waals surface area contributed by atoms with Gasteiger partial charge in [0.15, 0.2) is 11.9 Å². The number of halogens is 1. The molecule has 2 unspecified atom stereocenters. The summed E-state index contributed by atoms with van der Waals surface area (Å²) in [6.07, 6.45) is 1.64. The van der Waals surface area contributed by atoms with E-state index < -0.39 is 23.3 Å². The maximum Gasteiger partial charge on any atom is 0.265 e. The van der Waals surface area contributed by atoms with E-state index in [2.05, 4.69) is 63.8 Å². The molecule has 2 aromatic carbocycles. The number of carbonyl (C=O) groups is 3. The van der Waals surface area contributed by atoms with E-state index in [1.54, 1.807) is 45.0 Å². The number of hydrogen-bond acceptors (Lipinski definition) is 4. The number of carbonyl (C=O) groups excluding carboxylic acids is 3. The zero-order valence-corrected chi connectivity index (χ0v) is 26.6. The number of nitrogens with one attached hydrogen (secondary N) is 2. The summed E-state index contributed by atoms with van der Waals surface area (Å²) in [6, 6.07) is 13.1. The van der Waals surface area contributed by atoms with Crippen LogP contribution in [-0.2, 0) is 25.2 Å². The van der Waals surface area contributed by atoms with Gasteiger partial charge in [-0.15, -0.1) is 0 Å². The molecule has 2 amide bonds. The van der Waals surface area contributed by atoms with Gasteiger partial charge in [0.1, 0.15) is 11.7 Å². The molecule has 2 N–H and O–H groups in total. The summed E-state index contributed by atoms with van der Waals surface area (Å²) in [5.41, 5.74) is 2.36. The first kappa shape index (κ1) is 33.3. The van der Waals surface area contributed by atoms with Gasteiger partial charge in [0.2, 0.25) is 5.91 Å². The third-order valence-corrected chi connectivity index (χ3v) is 8.22. The third kappa shape index (κ3) is 7.87. The molecular weight excluding hydrogens is 524 g/mol. The second-order valence-electron chi connectivity index (χ2n) is 12.8. The van der Waals surface area contributed by atoms with Crippen LogP contribution in [0.15, 0.2) is 42.5 Å². The van der Waals surface area contributed by atoms with Crippen molar-refractivity contribution in [1.29, 1.82) is 0 Å². The second-order valence-corrected chi connectivity index (χ2v) is 13.0. The smallest absolute Gasteiger partial charge is 0.265 e. The average molecular weight is 571 g/mol. The molecule has 0 heterocycles. The van der Waals surface area contributed by atoms with Gasteiger partial charge in [0, 0.05) is 28.4 Å². The SMILES string of the molecule is CCC(Oc1ccc(C(C)(C)CC)cc1C(C)(C)CC)C(=O)Nc1cccc(C(C(=O)NCl)C(=O)C(C)(C)C)c1. The highest BCUT2D eigenvalue weighted by Crippen LogP contribution is 2.39. The monoisotopic (exact) mass is 570 g/mol. The summed E-state index contributed by atoms with van der Waals surface area (Å²) in [5.74, 6) is -1.59.